The van der Waals surface area contributed by atoms with Crippen LogP contribution in [0, 0.1) is 17.8 Å². The molecular formula is C35H48N4O8S. The van der Waals surface area contributed by atoms with E-state index in [-0.39, 0.29) is 55.0 Å². The minimum atomic E-state index is -4.13. The van der Waals surface area contributed by atoms with Crippen molar-refractivity contribution in [1.82, 2.24) is 14.6 Å². The number of ether oxygens (including phenoxy) is 3. The lowest BCUT2D eigenvalue weighted by Crippen LogP contribution is -2.51. The van der Waals surface area contributed by atoms with Gasteiger partial charge < -0.3 is 34.7 Å². The number of aliphatic hydroxyl groups excluding tert-OH is 1. The number of carbonyl (C=O) groups excluding carboxylic acids is 1. The number of hydrogen-bond donors (Lipinski definition) is 4. The Morgan fingerprint density at radius 1 is 1.17 bits per heavy atom. The van der Waals surface area contributed by atoms with Crippen LogP contribution in [0.2, 0.25) is 0 Å². The highest BCUT2D eigenvalue weighted by Crippen LogP contribution is 2.33. The average Bonchev–Trinajstić information content (AvgIpc) is 3.76. The molecule has 13 heteroatoms. The van der Waals surface area contributed by atoms with Crippen LogP contribution >= 0.6 is 0 Å². The first-order chi connectivity index (χ1) is 23.0. The van der Waals surface area contributed by atoms with Crippen LogP contribution in [0.1, 0.15) is 51.7 Å². The Labute approximate surface area is 282 Å². The van der Waals surface area contributed by atoms with E-state index < -0.39 is 34.4 Å². The van der Waals surface area contributed by atoms with Crippen LogP contribution < -0.4 is 5.32 Å². The summed E-state index contributed by atoms with van der Waals surface area (Å²) < 4.78 is 46.5. The molecule has 2 aliphatic rings. The van der Waals surface area contributed by atoms with Gasteiger partial charge in [0.15, 0.2) is 12.2 Å². The van der Waals surface area contributed by atoms with Gasteiger partial charge in [-0.25, -0.2) is 13.2 Å². The van der Waals surface area contributed by atoms with Gasteiger partial charge in [-0.2, -0.15) is 4.31 Å². The molecule has 3 unspecified atom stereocenters. The van der Waals surface area contributed by atoms with Crippen LogP contribution in [0.3, 0.4) is 0 Å². The highest BCUT2D eigenvalue weighted by atomic mass is 32.2. The predicted octanol–water partition coefficient (Wildman–Crippen LogP) is 4.45. The van der Waals surface area contributed by atoms with Crippen molar-refractivity contribution < 1.29 is 37.6 Å². The first kappa shape index (κ1) is 35.8. The molecule has 2 aromatic carbocycles. The lowest BCUT2D eigenvalue weighted by molar-refractivity contribution is -0.0907. The van der Waals surface area contributed by atoms with Crippen LogP contribution in [0.4, 0.5) is 4.79 Å². The molecule has 262 valence electrons. The largest absolute Gasteiger partial charge is 0.494 e. The van der Waals surface area contributed by atoms with Gasteiger partial charge in [-0.15, -0.1) is 0 Å². The second kappa shape index (κ2) is 15.8. The minimum absolute atomic E-state index is 0.0139. The van der Waals surface area contributed by atoms with Crippen LogP contribution in [0.25, 0.3) is 10.9 Å². The normalized spacial score (nSPS) is 21.6. The number of nitrogens with one attached hydrogen (secondary N) is 2. The van der Waals surface area contributed by atoms with E-state index in [0.717, 1.165) is 18.4 Å². The molecule has 0 spiro atoms. The Balaban J connectivity index is 1.38. The van der Waals surface area contributed by atoms with Crippen molar-refractivity contribution in [1.29, 1.82) is 0 Å². The standard InChI is InChI=1S/C35H48N4O8S/c1-5-23(4)17-36-18-28-27-16-25(11-12-29(27)37-33(28)41)48(43,44)39(19-22(2)3)20-31(40)30(15-24-9-7-6-8-10-24)38-35(42)47-32-21-46-34-26(32)13-14-45-34/h6-12,16,18,22-23,26,30-32,34,37,40-41H,5,13-15,17,19-21H2,1-4H3,(H,38,42)/t23?,26?,30-,31+,32-,34?/m0/s1. The molecule has 2 fully saturated rings. The number of aromatic hydroxyl groups is 1. The summed E-state index contributed by atoms with van der Waals surface area (Å²) in [6.07, 6.45) is 0.655. The van der Waals surface area contributed by atoms with Crippen molar-refractivity contribution in [2.45, 2.75) is 76.4 Å². The van der Waals surface area contributed by atoms with Gasteiger partial charge in [0.05, 0.1) is 41.7 Å². The molecule has 3 aromatic rings. The monoisotopic (exact) mass is 684 g/mol. The number of alkyl carbamates (subject to hydrolysis) is 1. The number of nitrogens with zero attached hydrogens (tertiary/aromatic N) is 2. The zero-order valence-corrected chi connectivity index (χ0v) is 28.9. The molecule has 0 radical (unpaired) electrons. The summed E-state index contributed by atoms with van der Waals surface area (Å²) in [5.74, 6) is 0.160. The van der Waals surface area contributed by atoms with Gasteiger partial charge >= 0.3 is 6.09 Å². The molecule has 0 aliphatic carbocycles. The van der Waals surface area contributed by atoms with E-state index in [2.05, 4.69) is 29.1 Å². The molecule has 1 aromatic heterocycles. The third kappa shape index (κ3) is 8.56. The fourth-order valence-corrected chi connectivity index (χ4v) is 7.75. The number of fused-ring (bicyclic) bond motifs is 2. The summed E-state index contributed by atoms with van der Waals surface area (Å²) in [5.41, 5.74) is 1.84. The molecule has 2 saturated heterocycles. The minimum Gasteiger partial charge on any atom is -0.494 e. The lowest BCUT2D eigenvalue weighted by atomic mass is 10.0. The molecular weight excluding hydrogens is 636 g/mol. The fourth-order valence-electron chi connectivity index (χ4n) is 6.11. The number of aliphatic hydroxyl groups is 1. The number of aliphatic imine (C=N–C) groups is 1. The number of rotatable bonds is 15. The Hall–Kier alpha value is -3.49. The molecule has 1 amide bonds. The van der Waals surface area contributed by atoms with Crippen LogP contribution in [0.15, 0.2) is 58.4 Å². The van der Waals surface area contributed by atoms with Gasteiger partial charge in [0.2, 0.25) is 10.0 Å². The number of amides is 1. The summed E-state index contributed by atoms with van der Waals surface area (Å²) in [4.78, 5) is 20.5. The molecule has 6 atom stereocenters. The summed E-state index contributed by atoms with van der Waals surface area (Å²) in [6.45, 7) is 9.16. The Kier molecular flexibility index (Phi) is 11.8. The van der Waals surface area contributed by atoms with Crippen molar-refractivity contribution in [3.8, 4) is 5.88 Å². The van der Waals surface area contributed by atoms with Crippen molar-refractivity contribution in [3.63, 3.8) is 0 Å². The Morgan fingerprint density at radius 2 is 1.94 bits per heavy atom. The third-order valence-electron chi connectivity index (χ3n) is 9.03. The highest BCUT2D eigenvalue weighted by molar-refractivity contribution is 7.89. The van der Waals surface area contributed by atoms with E-state index in [1.807, 2.05) is 44.2 Å². The first-order valence-corrected chi connectivity index (χ1v) is 18.2. The zero-order valence-electron chi connectivity index (χ0n) is 28.0. The van der Waals surface area contributed by atoms with E-state index in [1.165, 1.54) is 16.4 Å². The molecule has 4 N–H and O–H groups in total. The fraction of sp³-hybridized carbons (Fsp3) is 0.543. The number of H-pyrrole nitrogens is 1. The topological polar surface area (TPSA) is 163 Å². The highest BCUT2D eigenvalue weighted by Gasteiger charge is 2.44. The maximum absolute atomic E-state index is 14.2. The molecule has 5 rings (SSSR count). The van der Waals surface area contributed by atoms with Crippen molar-refractivity contribution in [3.05, 3.63) is 59.7 Å². The maximum atomic E-state index is 14.2. The van der Waals surface area contributed by atoms with Crippen molar-refractivity contribution >= 4 is 33.2 Å². The van der Waals surface area contributed by atoms with Gasteiger partial charge in [0.1, 0.15) is 6.10 Å². The summed E-state index contributed by atoms with van der Waals surface area (Å²) in [5, 5.41) is 25.5. The maximum Gasteiger partial charge on any atom is 0.407 e. The number of sulfonamides is 1. The van der Waals surface area contributed by atoms with Crippen molar-refractivity contribution in [2.24, 2.45) is 22.7 Å². The van der Waals surface area contributed by atoms with E-state index in [9.17, 15) is 23.4 Å². The summed E-state index contributed by atoms with van der Waals surface area (Å²) >= 11 is 0. The lowest BCUT2D eigenvalue weighted by Gasteiger charge is -2.31. The third-order valence-corrected chi connectivity index (χ3v) is 10.9. The summed E-state index contributed by atoms with van der Waals surface area (Å²) in [6, 6.07) is 13.1. The first-order valence-electron chi connectivity index (χ1n) is 16.7. The van der Waals surface area contributed by atoms with Crippen LogP contribution in [0.5, 0.6) is 5.88 Å². The van der Waals surface area contributed by atoms with Gasteiger partial charge in [-0.3, -0.25) is 4.99 Å². The quantitative estimate of drug-likeness (QED) is 0.171. The number of benzene rings is 2. The molecule has 12 nitrogen and oxygen atoms in total. The van der Waals surface area contributed by atoms with E-state index >= 15 is 0 Å². The Morgan fingerprint density at radius 3 is 2.67 bits per heavy atom. The molecule has 0 bridgehead atoms. The molecule has 0 saturated carbocycles. The second-order valence-corrected chi connectivity index (χ2v) is 15.2. The number of carbonyl (C=O) groups is 1. The summed E-state index contributed by atoms with van der Waals surface area (Å²) in [7, 11) is -4.13. The Bertz CT molecular complexity index is 1660. The van der Waals surface area contributed by atoms with Gasteiger partial charge in [-0.05, 0) is 48.4 Å². The predicted molar refractivity (Wildman–Crippen MR) is 183 cm³/mol. The van der Waals surface area contributed by atoms with Gasteiger partial charge in [-0.1, -0.05) is 64.4 Å². The molecule has 3 heterocycles. The second-order valence-electron chi connectivity index (χ2n) is 13.3. The molecule has 48 heavy (non-hydrogen) atoms. The smallest absolute Gasteiger partial charge is 0.407 e. The average molecular weight is 685 g/mol. The van der Waals surface area contributed by atoms with E-state index in [1.54, 1.807) is 12.3 Å². The molecule has 2 aliphatic heterocycles. The SMILES string of the molecule is CCC(C)CN=Cc1c(O)[nH]c2ccc(S(=O)(=O)N(CC(C)C)C[C@@H](O)[C@H](Cc3ccccc3)NC(=O)O[C@H]3COC4OCCC43)cc12. The zero-order chi connectivity index (χ0) is 34.4. The van der Waals surface area contributed by atoms with E-state index in [0.29, 0.717) is 35.5 Å². The van der Waals surface area contributed by atoms with Crippen LogP contribution in [-0.2, 0) is 30.7 Å². The number of hydrogen-bond acceptors (Lipinski definition) is 9. The van der Waals surface area contributed by atoms with Crippen molar-refractivity contribution in [2.75, 3.05) is 32.8 Å². The number of aromatic amines is 1. The number of aromatic nitrogens is 1. The van der Waals surface area contributed by atoms with Gasteiger partial charge in [0, 0.05) is 36.8 Å². The van der Waals surface area contributed by atoms with Gasteiger partial charge in [0.25, 0.3) is 0 Å². The van der Waals surface area contributed by atoms with Crippen LogP contribution in [-0.4, -0.2) is 97.6 Å². The van der Waals surface area contributed by atoms with E-state index in [4.69, 9.17) is 14.2 Å².